The van der Waals surface area contributed by atoms with Gasteiger partial charge in [0.25, 0.3) is 0 Å². The van der Waals surface area contributed by atoms with Gasteiger partial charge in [0, 0.05) is 17.3 Å². The van der Waals surface area contributed by atoms with Gasteiger partial charge in [-0.2, -0.15) is 0 Å². The molecule has 0 saturated carbocycles. The Hall–Kier alpha value is -2.38. The smallest absolute Gasteiger partial charge is 0.312 e. The predicted molar refractivity (Wildman–Crippen MR) is 74.5 cm³/mol. The molecule has 0 bridgehead atoms. The van der Waals surface area contributed by atoms with Crippen molar-refractivity contribution in [1.29, 1.82) is 0 Å². The zero-order valence-electron chi connectivity index (χ0n) is 10.2. The number of nitrogens with zero attached hydrogens (tertiary/aromatic N) is 2. The van der Waals surface area contributed by atoms with Crippen LogP contribution in [0.4, 0.5) is 11.5 Å². The molecule has 2 aromatic rings. The SMILES string of the molecule is NNc1cc(COc2ccc(Cl)cc2[N+](=O)[O-])ccn1. The first kappa shape index (κ1) is 14.0. The van der Waals surface area contributed by atoms with Gasteiger partial charge < -0.3 is 10.2 Å². The highest BCUT2D eigenvalue weighted by Gasteiger charge is 2.15. The van der Waals surface area contributed by atoms with Crippen LogP contribution in [-0.4, -0.2) is 9.91 Å². The third-order valence-electron chi connectivity index (χ3n) is 2.48. The molecule has 8 heteroatoms. The second kappa shape index (κ2) is 6.18. The predicted octanol–water partition coefficient (Wildman–Crippen LogP) is 2.51. The number of nitrogens with one attached hydrogen (secondary N) is 1. The van der Waals surface area contributed by atoms with Crippen molar-refractivity contribution >= 4 is 23.1 Å². The number of nitrogen functional groups attached to an aromatic ring is 1. The van der Waals surface area contributed by atoms with E-state index in [4.69, 9.17) is 22.2 Å². The average Bonchev–Trinajstić information content (AvgIpc) is 2.46. The molecule has 1 heterocycles. The summed E-state index contributed by atoms with van der Waals surface area (Å²) in [6.45, 7) is 0.152. The summed E-state index contributed by atoms with van der Waals surface area (Å²) in [5.41, 5.74) is 3.01. The number of hydrazine groups is 1. The van der Waals surface area contributed by atoms with E-state index in [1.165, 1.54) is 18.2 Å². The molecule has 104 valence electrons. The van der Waals surface area contributed by atoms with Crippen molar-refractivity contribution in [2.24, 2.45) is 5.84 Å². The number of halogens is 1. The van der Waals surface area contributed by atoms with Crippen LogP contribution in [0.3, 0.4) is 0 Å². The Balaban J connectivity index is 2.16. The monoisotopic (exact) mass is 294 g/mol. The fourth-order valence-corrected chi connectivity index (χ4v) is 1.73. The largest absolute Gasteiger partial charge is 0.482 e. The molecule has 1 aromatic heterocycles. The lowest BCUT2D eigenvalue weighted by Crippen LogP contribution is -2.09. The summed E-state index contributed by atoms with van der Waals surface area (Å²) in [6, 6.07) is 7.65. The molecule has 0 aliphatic rings. The van der Waals surface area contributed by atoms with Crippen LogP contribution in [0.15, 0.2) is 36.5 Å². The van der Waals surface area contributed by atoms with E-state index in [0.29, 0.717) is 5.82 Å². The number of nitro groups is 1. The minimum absolute atomic E-state index is 0.151. The van der Waals surface area contributed by atoms with E-state index in [1.807, 2.05) is 0 Å². The van der Waals surface area contributed by atoms with Gasteiger partial charge >= 0.3 is 5.69 Å². The van der Waals surface area contributed by atoms with E-state index in [-0.39, 0.29) is 23.1 Å². The lowest BCUT2D eigenvalue weighted by Gasteiger charge is -2.08. The van der Waals surface area contributed by atoms with Crippen molar-refractivity contribution in [2.75, 3.05) is 5.43 Å². The van der Waals surface area contributed by atoms with E-state index < -0.39 is 4.92 Å². The highest BCUT2D eigenvalue weighted by Crippen LogP contribution is 2.30. The zero-order valence-corrected chi connectivity index (χ0v) is 11.0. The quantitative estimate of drug-likeness (QED) is 0.499. The van der Waals surface area contributed by atoms with Gasteiger partial charge in [-0.05, 0) is 29.8 Å². The number of hydrogen-bond donors (Lipinski definition) is 2. The Bertz CT molecular complexity index is 636. The van der Waals surface area contributed by atoms with Crippen LogP contribution in [0.1, 0.15) is 5.56 Å². The van der Waals surface area contributed by atoms with E-state index in [1.54, 1.807) is 18.3 Å². The second-order valence-electron chi connectivity index (χ2n) is 3.85. The number of anilines is 1. The van der Waals surface area contributed by atoms with Crippen molar-refractivity contribution in [3.05, 3.63) is 57.2 Å². The van der Waals surface area contributed by atoms with Crippen molar-refractivity contribution in [1.82, 2.24) is 4.98 Å². The fourth-order valence-electron chi connectivity index (χ4n) is 1.56. The van der Waals surface area contributed by atoms with Crippen LogP contribution in [0.2, 0.25) is 5.02 Å². The summed E-state index contributed by atoms with van der Waals surface area (Å²) in [5.74, 6) is 5.88. The van der Waals surface area contributed by atoms with Crippen LogP contribution in [0.25, 0.3) is 0 Å². The Morgan fingerprint density at radius 2 is 2.20 bits per heavy atom. The number of nitro benzene ring substituents is 1. The average molecular weight is 295 g/mol. The van der Waals surface area contributed by atoms with E-state index in [0.717, 1.165) is 5.56 Å². The number of pyridine rings is 1. The molecule has 0 amide bonds. The highest BCUT2D eigenvalue weighted by molar-refractivity contribution is 6.30. The number of nitrogens with two attached hydrogens (primary N) is 1. The maximum atomic E-state index is 10.9. The first-order valence-corrected chi connectivity index (χ1v) is 5.96. The van der Waals surface area contributed by atoms with Crippen LogP contribution < -0.4 is 16.0 Å². The van der Waals surface area contributed by atoms with Crippen molar-refractivity contribution in [3.63, 3.8) is 0 Å². The van der Waals surface area contributed by atoms with Gasteiger partial charge in [-0.25, -0.2) is 10.8 Å². The summed E-state index contributed by atoms with van der Waals surface area (Å²) in [6.07, 6.45) is 1.56. The van der Waals surface area contributed by atoms with Crippen LogP contribution >= 0.6 is 11.6 Å². The molecule has 0 saturated heterocycles. The minimum Gasteiger partial charge on any atom is -0.482 e. The Kier molecular flexibility index (Phi) is 4.34. The third-order valence-corrected chi connectivity index (χ3v) is 2.72. The van der Waals surface area contributed by atoms with Crippen LogP contribution in [-0.2, 0) is 6.61 Å². The van der Waals surface area contributed by atoms with Gasteiger partial charge in [0.2, 0.25) is 0 Å². The molecule has 3 N–H and O–H groups in total. The number of aromatic nitrogens is 1. The maximum absolute atomic E-state index is 10.9. The first-order valence-electron chi connectivity index (χ1n) is 5.58. The molecule has 0 unspecified atom stereocenters. The van der Waals surface area contributed by atoms with Crippen LogP contribution in [0, 0.1) is 10.1 Å². The lowest BCUT2D eigenvalue weighted by atomic mass is 10.2. The highest BCUT2D eigenvalue weighted by atomic mass is 35.5. The molecule has 0 aliphatic heterocycles. The molecular formula is C12H11ClN4O3. The van der Waals surface area contributed by atoms with E-state index in [2.05, 4.69) is 10.4 Å². The van der Waals surface area contributed by atoms with Gasteiger partial charge in [0.05, 0.1) is 4.92 Å². The molecule has 0 aliphatic carbocycles. The van der Waals surface area contributed by atoms with E-state index in [9.17, 15) is 10.1 Å². The number of ether oxygens (including phenoxy) is 1. The molecular weight excluding hydrogens is 284 g/mol. The summed E-state index contributed by atoms with van der Waals surface area (Å²) in [4.78, 5) is 14.3. The molecule has 1 aromatic carbocycles. The topological polar surface area (TPSA) is 103 Å². The van der Waals surface area contributed by atoms with Crippen molar-refractivity contribution in [2.45, 2.75) is 6.61 Å². The third kappa shape index (κ3) is 3.34. The number of hydrogen-bond acceptors (Lipinski definition) is 6. The van der Waals surface area contributed by atoms with Gasteiger partial charge in [0.1, 0.15) is 12.4 Å². The number of benzene rings is 1. The summed E-state index contributed by atoms with van der Waals surface area (Å²) >= 11 is 5.73. The molecule has 0 radical (unpaired) electrons. The van der Waals surface area contributed by atoms with Crippen molar-refractivity contribution in [3.8, 4) is 5.75 Å². The molecule has 2 rings (SSSR count). The van der Waals surface area contributed by atoms with Crippen LogP contribution in [0.5, 0.6) is 5.75 Å². The van der Waals surface area contributed by atoms with Gasteiger partial charge in [-0.15, -0.1) is 0 Å². The van der Waals surface area contributed by atoms with E-state index >= 15 is 0 Å². The van der Waals surface area contributed by atoms with Gasteiger partial charge in [-0.1, -0.05) is 11.6 Å². The molecule has 0 atom stereocenters. The molecule has 0 spiro atoms. The standard InChI is InChI=1S/C12H11ClN4O3/c13-9-1-2-11(10(6-9)17(18)19)20-7-8-3-4-15-12(5-8)16-14/h1-6H,7,14H2,(H,15,16). The summed E-state index contributed by atoms with van der Waals surface area (Å²) < 4.78 is 5.44. The number of rotatable bonds is 5. The zero-order chi connectivity index (χ0) is 14.5. The lowest BCUT2D eigenvalue weighted by molar-refractivity contribution is -0.385. The second-order valence-corrected chi connectivity index (χ2v) is 4.29. The summed E-state index contributed by atoms with van der Waals surface area (Å²) in [7, 11) is 0. The first-order chi connectivity index (χ1) is 9.60. The summed E-state index contributed by atoms with van der Waals surface area (Å²) in [5, 5.41) is 11.2. The Morgan fingerprint density at radius 1 is 1.40 bits per heavy atom. The minimum atomic E-state index is -0.541. The maximum Gasteiger partial charge on any atom is 0.312 e. The van der Waals surface area contributed by atoms with Gasteiger partial charge in [0.15, 0.2) is 5.75 Å². The normalized spacial score (nSPS) is 10.1. The Labute approximate surface area is 119 Å². The molecule has 20 heavy (non-hydrogen) atoms. The van der Waals surface area contributed by atoms with Crippen molar-refractivity contribution < 1.29 is 9.66 Å². The molecule has 0 fully saturated rings. The van der Waals surface area contributed by atoms with Gasteiger partial charge in [-0.3, -0.25) is 10.1 Å². The molecule has 7 nitrogen and oxygen atoms in total. The Morgan fingerprint density at radius 3 is 2.90 bits per heavy atom. The fraction of sp³-hybridized carbons (Fsp3) is 0.0833.